The first-order chi connectivity index (χ1) is 8.66. The summed E-state index contributed by atoms with van der Waals surface area (Å²) in [6.07, 6.45) is 4.15. The van der Waals surface area contributed by atoms with Crippen LogP contribution in [0.15, 0.2) is 36.0 Å². The first-order valence-corrected chi connectivity index (χ1v) is 6.11. The molecule has 0 atom stereocenters. The minimum absolute atomic E-state index is 0.189. The Morgan fingerprint density at radius 1 is 1.44 bits per heavy atom. The van der Waals surface area contributed by atoms with Gasteiger partial charge in [0, 0.05) is 18.3 Å². The van der Waals surface area contributed by atoms with Gasteiger partial charge in [0.1, 0.15) is 5.82 Å². The molecule has 1 fully saturated rings. The normalized spacial score (nSPS) is 15.3. The summed E-state index contributed by atoms with van der Waals surface area (Å²) in [6.45, 7) is 2.20. The van der Waals surface area contributed by atoms with Crippen molar-refractivity contribution in [2.75, 3.05) is 0 Å². The van der Waals surface area contributed by atoms with Gasteiger partial charge >= 0.3 is 6.03 Å². The molecule has 1 saturated carbocycles. The summed E-state index contributed by atoms with van der Waals surface area (Å²) >= 11 is 0. The van der Waals surface area contributed by atoms with Crippen LogP contribution in [0.4, 0.5) is 9.18 Å². The number of carbonyl (C=O) groups is 1. The van der Waals surface area contributed by atoms with E-state index in [1.165, 1.54) is 24.5 Å². The van der Waals surface area contributed by atoms with Crippen LogP contribution in [0.25, 0.3) is 0 Å². The molecule has 1 aliphatic carbocycles. The minimum Gasteiger partial charge on any atom is -0.334 e. The second kappa shape index (κ2) is 5.67. The maximum atomic E-state index is 13.3. The van der Waals surface area contributed by atoms with Crippen LogP contribution in [-0.2, 0) is 6.54 Å². The maximum Gasteiger partial charge on any atom is 0.319 e. The molecule has 0 bridgehead atoms. The molecule has 18 heavy (non-hydrogen) atoms. The zero-order valence-electron chi connectivity index (χ0n) is 10.4. The Kier molecular flexibility index (Phi) is 3.97. The Morgan fingerprint density at radius 2 is 2.17 bits per heavy atom. The van der Waals surface area contributed by atoms with Crippen molar-refractivity contribution in [3.05, 3.63) is 47.4 Å². The summed E-state index contributed by atoms with van der Waals surface area (Å²) in [5.41, 5.74) is 1.67. The average molecular weight is 248 g/mol. The molecular weight excluding hydrogens is 231 g/mol. The zero-order chi connectivity index (χ0) is 13.0. The SMILES string of the molecule is C/C(=C\NC(=O)NCc1ccccc1F)C1CC1. The predicted molar refractivity (Wildman–Crippen MR) is 68.3 cm³/mol. The van der Waals surface area contributed by atoms with Crippen LogP contribution in [-0.4, -0.2) is 6.03 Å². The molecule has 3 nitrogen and oxygen atoms in total. The van der Waals surface area contributed by atoms with E-state index in [4.69, 9.17) is 0 Å². The number of nitrogens with one attached hydrogen (secondary N) is 2. The Bertz CT molecular complexity index is 467. The molecule has 2 rings (SSSR count). The van der Waals surface area contributed by atoms with E-state index < -0.39 is 0 Å². The van der Waals surface area contributed by atoms with Crippen molar-refractivity contribution in [3.63, 3.8) is 0 Å². The smallest absolute Gasteiger partial charge is 0.319 e. The standard InChI is InChI=1S/C14H17FN2O/c1-10(11-6-7-11)8-16-14(18)17-9-12-4-2-3-5-13(12)15/h2-5,8,11H,6-7,9H2,1H3,(H2,16,17,18)/b10-8+. The number of hydrogen-bond acceptors (Lipinski definition) is 1. The van der Waals surface area contributed by atoms with Gasteiger partial charge in [0.25, 0.3) is 0 Å². The van der Waals surface area contributed by atoms with Crippen LogP contribution in [0, 0.1) is 11.7 Å². The lowest BCUT2D eigenvalue weighted by molar-refractivity contribution is 0.243. The Hall–Kier alpha value is -1.84. The first-order valence-electron chi connectivity index (χ1n) is 6.11. The van der Waals surface area contributed by atoms with Crippen molar-refractivity contribution in [2.24, 2.45) is 5.92 Å². The lowest BCUT2D eigenvalue weighted by Gasteiger charge is -2.06. The average Bonchev–Trinajstić information content (AvgIpc) is 3.19. The minimum atomic E-state index is -0.307. The van der Waals surface area contributed by atoms with E-state index in [9.17, 15) is 9.18 Å². The fourth-order valence-electron chi connectivity index (χ4n) is 1.70. The molecule has 0 spiro atoms. The molecule has 1 aromatic rings. The van der Waals surface area contributed by atoms with Crippen LogP contribution < -0.4 is 10.6 Å². The zero-order valence-corrected chi connectivity index (χ0v) is 10.4. The molecule has 96 valence electrons. The van der Waals surface area contributed by atoms with Gasteiger partial charge in [-0.3, -0.25) is 0 Å². The van der Waals surface area contributed by atoms with Crippen LogP contribution in [0.2, 0.25) is 0 Å². The highest BCUT2D eigenvalue weighted by atomic mass is 19.1. The summed E-state index contributed by atoms with van der Waals surface area (Å²) in [4.78, 5) is 11.5. The van der Waals surface area contributed by atoms with Gasteiger partial charge in [-0.05, 0) is 31.7 Å². The summed E-state index contributed by atoms with van der Waals surface area (Å²) in [7, 11) is 0. The summed E-state index contributed by atoms with van der Waals surface area (Å²) < 4.78 is 13.3. The second-order valence-electron chi connectivity index (χ2n) is 4.58. The van der Waals surface area contributed by atoms with E-state index in [1.807, 2.05) is 6.92 Å². The second-order valence-corrected chi connectivity index (χ2v) is 4.58. The maximum absolute atomic E-state index is 13.3. The topological polar surface area (TPSA) is 41.1 Å². The van der Waals surface area contributed by atoms with E-state index in [2.05, 4.69) is 10.6 Å². The number of benzene rings is 1. The Morgan fingerprint density at radius 3 is 2.83 bits per heavy atom. The number of urea groups is 1. The van der Waals surface area contributed by atoms with E-state index in [1.54, 1.807) is 24.4 Å². The highest BCUT2D eigenvalue weighted by Crippen LogP contribution is 2.35. The fraction of sp³-hybridized carbons (Fsp3) is 0.357. The summed E-state index contributed by atoms with van der Waals surface area (Å²) in [5.74, 6) is 0.333. The Balaban J connectivity index is 1.78. The molecule has 0 aliphatic heterocycles. The van der Waals surface area contributed by atoms with E-state index in [-0.39, 0.29) is 18.4 Å². The van der Waals surface area contributed by atoms with Crippen LogP contribution in [0.5, 0.6) is 0 Å². The number of rotatable bonds is 4. The van der Waals surface area contributed by atoms with E-state index in [0.29, 0.717) is 11.5 Å². The summed E-state index contributed by atoms with van der Waals surface area (Å²) in [6, 6.07) is 6.10. The molecule has 1 aromatic carbocycles. The number of amides is 2. The number of halogens is 1. The number of allylic oxidation sites excluding steroid dienone is 1. The fourth-order valence-corrected chi connectivity index (χ4v) is 1.70. The van der Waals surface area contributed by atoms with Crippen molar-refractivity contribution in [1.82, 2.24) is 10.6 Å². The van der Waals surface area contributed by atoms with Crippen molar-refractivity contribution < 1.29 is 9.18 Å². The van der Waals surface area contributed by atoms with Gasteiger partial charge in [-0.15, -0.1) is 0 Å². The monoisotopic (exact) mass is 248 g/mol. The third kappa shape index (κ3) is 3.58. The molecule has 4 heteroatoms. The van der Waals surface area contributed by atoms with Crippen molar-refractivity contribution >= 4 is 6.03 Å². The van der Waals surface area contributed by atoms with Gasteiger partial charge in [-0.25, -0.2) is 9.18 Å². The Labute approximate surface area is 106 Å². The van der Waals surface area contributed by atoms with Gasteiger partial charge in [-0.2, -0.15) is 0 Å². The molecule has 0 heterocycles. The molecule has 2 amide bonds. The number of carbonyl (C=O) groups excluding carboxylic acids is 1. The van der Waals surface area contributed by atoms with Gasteiger partial charge in [0.2, 0.25) is 0 Å². The third-order valence-corrected chi connectivity index (χ3v) is 3.05. The molecule has 1 aliphatic rings. The molecule has 2 N–H and O–H groups in total. The highest BCUT2D eigenvalue weighted by molar-refractivity contribution is 5.75. The van der Waals surface area contributed by atoms with Crippen LogP contribution in [0.1, 0.15) is 25.3 Å². The van der Waals surface area contributed by atoms with Gasteiger partial charge in [-0.1, -0.05) is 23.8 Å². The molecule has 0 saturated heterocycles. The van der Waals surface area contributed by atoms with E-state index in [0.717, 1.165) is 0 Å². The van der Waals surface area contributed by atoms with Crippen LogP contribution >= 0.6 is 0 Å². The molecule has 0 radical (unpaired) electrons. The van der Waals surface area contributed by atoms with Gasteiger partial charge in [0.15, 0.2) is 0 Å². The van der Waals surface area contributed by atoms with Crippen molar-refractivity contribution in [1.29, 1.82) is 0 Å². The lowest BCUT2D eigenvalue weighted by Crippen LogP contribution is -2.32. The van der Waals surface area contributed by atoms with Crippen molar-refractivity contribution in [2.45, 2.75) is 26.3 Å². The number of hydrogen-bond donors (Lipinski definition) is 2. The van der Waals surface area contributed by atoms with Gasteiger partial charge < -0.3 is 10.6 Å². The van der Waals surface area contributed by atoms with Crippen molar-refractivity contribution in [3.8, 4) is 0 Å². The predicted octanol–water partition coefficient (Wildman–Crippen LogP) is 2.94. The molecule has 0 unspecified atom stereocenters. The van der Waals surface area contributed by atoms with E-state index >= 15 is 0 Å². The quantitative estimate of drug-likeness (QED) is 0.845. The molecule has 0 aromatic heterocycles. The summed E-state index contributed by atoms with van der Waals surface area (Å²) in [5, 5.41) is 5.28. The molecular formula is C14H17FN2O. The highest BCUT2D eigenvalue weighted by Gasteiger charge is 2.22. The first kappa shape index (κ1) is 12.6. The lowest BCUT2D eigenvalue weighted by atomic mass is 10.2. The van der Waals surface area contributed by atoms with Crippen LogP contribution in [0.3, 0.4) is 0 Å². The van der Waals surface area contributed by atoms with Gasteiger partial charge in [0.05, 0.1) is 0 Å². The third-order valence-electron chi connectivity index (χ3n) is 3.05. The largest absolute Gasteiger partial charge is 0.334 e.